The molecule has 0 bridgehead atoms. The number of pyridine rings is 1. The minimum absolute atomic E-state index is 0.122. The number of hydrogen-bond donors (Lipinski definition) is 0. The monoisotopic (exact) mass is 355 g/mol. The van der Waals surface area contributed by atoms with Crippen molar-refractivity contribution in [3.8, 4) is 17.2 Å². The van der Waals surface area contributed by atoms with Gasteiger partial charge in [0.2, 0.25) is 5.91 Å². The van der Waals surface area contributed by atoms with E-state index in [1.165, 1.54) is 12.3 Å². The Kier molecular flexibility index (Phi) is 4.76. The van der Waals surface area contributed by atoms with Gasteiger partial charge in [0, 0.05) is 36.4 Å². The first-order chi connectivity index (χ1) is 12.4. The third kappa shape index (κ3) is 3.31. The van der Waals surface area contributed by atoms with Crippen LogP contribution in [0.1, 0.15) is 23.2 Å². The van der Waals surface area contributed by atoms with Crippen LogP contribution < -0.4 is 0 Å². The maximum Gasteiger partial charge on any atom is 0.298 e. The van der Waals surface area contributed by atoms with Crippen LogP contribution in [0.2, 0.25) is 0 Å². The highest BCUT2D eigenvalue weighted by atomic mass is 19.3. The van der Waals surface area contributed by atoms with Crippen molar-refractivity contribution in [1.82, 2.24) is 9.88 Å². The number of carbonyl (C=O) groups is 2. The van der Waals surface area contributed by atoms with Gasteiger partial charge in [-0.1, -0.05) is 30.3 Å². The molecule has 1 saturated heterocycles. The molecule has 0 saturated carbocycles. The summed E-state index contributed by atoms with van der Waals surface area (Å²) in [5.74, 6) is -4.08. The summed E-state index contributed by atoms with van der Waals surface area (Å²) in [4.78, 5) is 29.4. The normalized spacial score (nSPS) is 17.9. The van der Waals surface area contributed by atoms with Gasteiger partial charge in [0.1, 0.15) is 0 Å². The molecule has 2 aromatic rings. The minimum atomic E-state index is -3.18. The van der Waals surface area contributed by atoms with Gasteiger partial charge in [0.25, 0.3) is 5.92 Å². The lowest BCUT2D eigenvalue weighted by Gasteiger charge is -2.43. The van der Waals surface area contributed by atoms with Crippen molar-refractivity contribution in [2.24, 2.45) is 0 Å². The fourth-order valence-corrected chi connectivity index (χ4v) is 2.90. The average Bonchev–Trinajstić information content (AvgIpc) is 2.65. The Morgan fingerprint density at radius 3 is 2.62 bits per heavy atom. The number of amides is 1. The lowest BCUT2D eigenvalue weighted by molar-refractivity contribution is -0.181. The van der Waals surface area contributed by atoms with E-state index < -0.39 is 24.4 Å². The number of alkyl halides is 2. The molecule has 0 radical (unpaired) electrons. The Labute approximate surface area is 148 Å². The van der Waals surface area contributed by atoms with E-state index in [4.69, 9.17) is 5.26 Å². The van der Waals surface area contributed by atoms with Crippen LogP contribution in [-0.2, 0) is 4.79 Å². The van der Waals surface area contributed by atoms with E-state index in [0.717, 1.165) is 10.5 Å². The van der Waals surface area contributed by atoms with Gasteiger partial charge in [0.05, 0.1) is 12.6 Å². The van der Waals surface area contributed by atoms with Gasteiger partial charge in [-0.2, -0.15) is 5.26 Å². The van der Waals surface area contributed by atoms with Gasteiger partial charge in [-0.05, 0) is 11.6 Å². The van der Waals surface area contributed by atoms with Crippen LogP contribution in [0.3, 0.4) is 0 Å². The molecule has 1 aromatic carbocycles. The van der Waals surface area contributed by atoms with Crippen molar-refractivity contribution in [1.29, 1.82) is 5.26 Å². The Hall–Kier alpha value is -3.14. The number of ketones is 1. The Balaban J connectivity index is 1.69. The molecular weight excluding hydrogens is 340 g/mol. The zero-order valence-corrected chi connectivity index (χ0v) is 13.7. The summed E-state index contributed by atoms with van der Waals surface area (Å²) < 4.78 is 26.5. The minimum Gasteiger partial charge on any atom is -0.315 e. The lowest BCUT2D eigenvalue weighted by atomic mass is 9.95. The molecule has 0 spiro atoms. The zero-order valence-electron chi connectivity index (χ0n) is 13.7. The van der Waals surface area contributed by atoms with E-state index in [9.17, 15) is 18.4 Å². The number of rotatable bonds is 5. The van der Waals surface area contributed by atoms with Crippen LogP contribution >= 0.6 is 0 Å². The van der Waals surface area contributed by atoms with Gasteiger partial charge in [0.15, 0.2) is 11.8 Å². The van der Waals surface area contributed by atoms with E-state index in [-0.39, 0.29) is 18.6 Å². The summed E-state index contributed by atoms with van der Waals surface area (Å²) in [7, 11) is 0. The summed E-state index contributed by atoms with van der Waals surface area (Å²) in [6.07, 6.45) is 2.72. The summed E-state index contributed by atoms with van der Waals surface area (Å²) in [6, 6.07) is 10.5. The molecule has 7 heteroatoms. The Morgan fingerprint density at radius 2 is 1.96 bits per heavy atom. The number of likely N-dealkylation sites (tertiary alicyclic amines) is 1. The predicted molar refractivity (Wildman–Crippen MR) is 89.3 cm³/mol. The van der Waals surface area contributed by atoms with Crippen molar-refractivity contribution in [3.05, 3.63) is 54.4 Å². The number of nitriles is 1. The van der Waals surface area contributed by atoms with Gasteiger partial charge in [-0.3, -0.25) is 14.6 Å². The second-order valence-corrected chi connectivity index (χ2v) is 6.02. The second-order valence-electron chi connectivity index (χ2n) is 6.02. The van der Waals surface area contributed by atoms with Gasteiger partial charge in [-0.25, -0.2) is 8.78 Å². The average molecular weight is 355 g/mol. The molecule has 132 valence electrons. The van der Waals surface area contributed by atoms with Crippen molar-refractivity contribution < 1.29 is 18.4 Å². The summed E-state index contributed by atoms with van der Waals surface area (Å²) >= 11 is 0. The maximum absolute atomic E-state index is 13.2. The van der Waals surface area contributed by atoms with Crippen LogP contribution in [-0.4, -0.2) is 40.1 Å². The molecule has 0 unspecified atom stereocenters. The molecule has 0 N–H and O–H groups in total. The fraction of sp³-hybridized carbons (Fsp3) is 0.263. The SMILES string of the molecule is N#C[C@H]1N(C(=O)CCC(=O)c2ccncc2-c2ccccc2)CC1(F)F. The highest BCUT2D eigenvalue weighted by Gasteiger charge is 2.57. The molecule has 1 aromatic heterocycles. The first kappa shape index (κ1) is 17.7. The topological polar surface area (TPSA) is 74.1 Å². The molecule has 1 atom stereocenters. The summed E-state index contributed by atoms with van der Waals surface area (Å²) in [6.45, 7) is -0.775. The van der Waals surface area contributed by atoms with E-state index in [1.54, 1.807) is 12.3 Å². The van der Waals surface area contributed by atoms with Crippen LogP contribution in [0.25, 0.3) is 11.1 Å². The molecule has 2 heterocycles. The van der Waals surface area contributed by atoms with Crippen LogP contribution in [0.15, 0.2) is 48.8 Å². The number of Topliss-reactive ketones (excluding diaryl/α,β-unsaturated/α-hetero) is 1. The van der Waals surface area contributed by atoms with Gasteiger partial charge < -0.3 is 4.90 Å². The van der Waals surface area contributed by atoms with Crippen molar-refractivity contribution in [2.75, 3.05) is 6.54 Å². The van der Waals surface area contributed by atoms with E-state index in [1.807, 2.05) is 30.3 Å². The molecule has 0 aliphatic carbocycles. The van der Waals surface area contributed by atoms with Gasteiger partial charge in [-0.15, -0.1) is 0 Å². The van der Waals surface area contributed by atoms with E-state index in [2.05, 4.69) is 4.98 Å². The van der Waals surface area contributed by atoms with Crippen molar-refractivity contribution >= 4 is 11.7 Å². The van der Waals surface area contributed by atoms with Crippen LogP contribution in [0.5, 0.6) is 0 Å². The van der Waals surface area contributed by atoms with Crippen LogP contribution in [0.4, 0.5) is 8.78 Å². The first-order valence-electron chi connectivity index (χ1n) is 8.03. The van der Waals surface area contributed by atoms with Crippen LogP contribution in [0, 0.1) is 11.3 Å². The second kappa shape index (κ2) is 7.00. The molecular formula is C19H15F2N3O2. The maximum atomic E-state index is 13.2. The van der Waals surface area contributed by atoms with E-state index in [0.29, 0.717) is 11.1 Å². The first-order valence-corrected chi connectivity index (χ1v) is 8.03. The van der Waals surface area contributed by atoms with Crippen molar-refractivity contribution in [2.45, 2.75) is 24.8 Å². The quantitative estimate of drug-likeness (QED) is 0.773. The molecule has 5 nitrogen and oxygen atoms in total. The standard InChI is InChI=1S/C19H15F2N3O2/c20-19(21)12-24(17(19)10-22)18(26)7-6-16(25)14-8-9-23-11-15(14)13-4-2-1-3-5-13/h1-5,8-9,11,17H,6-7,12H2/t17-/m1/s1. The highest BCUT2D eigenvalue weighted by Crippen LogP contribution is 2.35. The lowest BCUT2D eigenvalue weighted by Crippen LogP contribution is -2.66. The molecule has 1 aliphatic heterocycles. The Bertz CT molecular complexity index is 878. The summed E-state index contributed by atoms with van der Waals surface area (Å²) in [5.41, 5.74) is 1.89. The number of benzene rings is 1. The van der Waals surface area contributed by atoms with Gasteiger partial charge >= 0.3 is 0 Å². The fourth-order valence-electron chi connectivity index (χ4n) is 2.90. The number of nitrogens with zero attached hydrogens (tertiary/aromatic N) is 3. The number of hydrogen-bond acceptors (Lipinski definition) is 4. The predicted octanol–water partition coefficient (Wildman–Crippen LogP) is 3.08. The van der Waals surface area contributed by atoms with Crippen molar-refractivity contribution in [3.63, 3.8) is 0 Å². The smallest absolute Gasteiger partial charge is 0.298 e. The Morgan fingerprint density at radius 1 is 1.23 bits per heavy atom. The molecule has 1 fully saturated rings. The number of halogens is 2. The summed E-state index contributed by atoms with van der Waals surface area (Å²) in [5, 5.41) is 8.76. The molecule has 1 amide bonds. The molecule has 26 heavy (non-hydrogen) atoms. The largest absolute Gasteiger partial charge is 0.315 e. The third-order valence-corrected chi connectivity index (χ3v) is 4.31. The highest BCUT2D eigenvalue weighted by molar-refractivity contribution is 6.03. The number of carbonyl (C=O) groups excluding carboxylic acids is 2. The van der Waals surface area contributed by atoms with E-state index >= 15 is 0 Å². The molecule has 3 rings (SSSR count). The zero-order chi connectivity index (χ0) is 18.7. The third-order valence-electron chi connectivity index (χ3n) is 4.31. The number of aromatic nitrogens is 1. The molecule has 1 aliphatic rings.